The number of benzene rings is 2. The molecule has 2 unspecified atom stereocenters. The molecule has 326 valence electrons. The lowest BCUT2D eigenvalue weighted by Crippen LogP contribution is -2.58. The molecule has 0 saturated heterocycles. The monoisotopic (exact) mass is 823 g/mol. The Labute approximate surface area is 357 Å². The van der Waals surface area contributed by atoms with Crippen molar-refractivity contribution in [3.05, 3.63) is 72.6 Å². The minimum absolute atomic E-state index is 0.165. The summed E-state index contributed by atoms with van der Waals surface area (Å²) >= 11 is 0. The highest BCUT2D eigenvalue weighted by molar-refractivity contribution is 5.92. The third-order valence-corrected chi connectivity index (χ3v) is 10.9. The normalized spacial score (nSPS) is 15.1. The summed E-state index contributed by atoms with van der Waals surface area (Å²) in [4.78, 5) is 68.9. The van der Waals surface area contributed by atoms with Crippen LogP contribution in [0.1, 0.15) is 146 Å². The first-order valence-electron chi connectivity index (χ1n) is 21.4. The van der Waals surface area contributed by atoms with E-state index in [1.54, 1.807) is 40.1 Å². The predicted octanol–water partition coefficient (Wildman–Crippen LogP) is 9.20. The number of imidazole rings is 2. The van der Waals surface area contributed by atoms with Crippen molar-refractivity contribution in [3.8, 4) is 33.6 Å². The summed E-state index contributed by atoms with van der Waals surface area (Å²) in [7, 11) is 0. The maximum Gasteiger partial charge on any atom is 0.246 e. The Balaban J connectivity index is 1.51. The Morgan fingerprint density at radius 3 is 1.10 bits per heavy atom. The van der Waals surface area contributed by atoms with E-state index in [0.717, 1.165) is 33.6 Å². The first kappa shape index (κ1) is 47.4. The first-order chi connectivity index (χ1) is 27.9. The average Bonchev–Trinajstić information content (AvgIpc) is 3.85. The summed E-state index contributed by atoms with van der Waals surface area (Å²) < 4.78 is 0. The Morgan fingerprint density at radius 1 is 0.533 bits per heavy atom. The van der Waals surface area contributed by atoms with Gasteiger partial charge in [0.15, 0.2) is 0 Å². The largest absolute Gasteiger partial charge is 0.344 e. The molecule has 4 atom stereocenters. The molecule has 0 saturated carbocycles. The quantitative estimate of drug-likeness (QED) is 0.0619. The van der Waals surface area contributed by atoms with Crippen LogP contribution in [0.5, 0.6) is 0 Å². The SMILES string of the molecule is CCC(=O)NC(C)(CC(C)C)C(=O)N[C@H](c1ncc(-c2ccc(-c3ccc(-c4cnc([C@@H](NC(=O)C(C)(CC(C)C)NC(=O)CC)C(C)(C)C)[nH]4)cc3)cc2)[nH]1)C(C)(C)C. The van der Waals surface area contributed by atoms with Gasteiger partial charge >= 0.3 is 0 Å². The van der Waals surface area contributed by atoms with Crippen LogP contribution in [0.15, 0.2) is 60.9 Å². The molecular weight excluding hydrogens is 753 g/mol. The molecule has 0 aliphatic carbocycles. The van der Waals surface area contributed by atoms with E-state index in [2.05, 4.69) is 97.0 Å². The molecule has 0 spiro atoms. The number of hydrogen-bond donors (Lipinski definition) is 6. The van der Waals surface area contributed by atoms with E-state index < -0.39 is 23.2 Å². The van der Waals surface area contributed by atoms with Crippen LogP contribution in [0.2, 0.25) is 0 Å². The summed E-state index contributed by atoms with van der Waals surface area (Å²) in [5, 5.41) is 12.4. The molecule has 4 aromatic rings. The standard InChI is InChI=1S/C48H70N8O4/c1-15-37(57)55-47(13,25-29(3)4)43(59)53-39(45(7,8)9)41-49-27-35(51-41)33-21-17-31(18-22-33)32-19-23-34(24-20-32)36-28-50-42(52-36)40(46(10,11)12)54-44(60)48(14,26-30(5)6)56-38(58)16-2/h17-24,27-30,39-40H,15-16,25-26H2,1-14H3,(H,49,51)(H,50,52)(H,53,59)(H,54,60)(H,55,57)(H,56,58)/t39-,40-,47?,48?/m1/s1. The van der Waals surface area contributed by atoms with Crippen molar-refractivity contribution in [2.45, 2.75) is 146 Å². The zero-order valence-corrected chi connectivity index (χ0v) is 38.4. The smallest absolute Gasteiger partial charge is 0.246 e. The second kappa shape index (κ2) is 19.0. The first-order valence-corrected chi connectivity index (χ1v) is 21.4. The highest BCUT2D eigenvalue weighted by atomic mass is 16.2. The number of carbonyl (C=O) groups excluding carboxylic acids is 4. The molecule has 0 bridgehead atoms. The van der Waals surface area contributed by atoms with Crippen molar-refractivity contribution >= 4 is 23.6 Å². The number of aromatic amines is 2. The molecular formula is C48H70N8O4. The van der Waals surface area contributed by atoms with E-state index in [0.29, 0.717) is 37.3 Å². The van der Waals surface area contributed by atoms with Crippen LogP contribution in [-0.4, -0.2) is 54.6 Å². The summed E-state index contributed by atoms with van der Waals surface area (Å²) in [6.07, 6.45) is 5.18. The van der Waals surface area contributed by atoms with Crippen molar-refractivity contribution in [2.75, 3.05) is 0 Å². The van der Waals surface area contributed by atoms with Crippen LogP contribution in [0.3, 0.4) is 0 Å². The maximum atomic E-state index is 13.8. The Hall–Kier alpha value is -5.26. The van der Waals surface area contributed by atoms with Gasteiger partial charge in [-0.3, -0.25) is 19.2 Å². The molecule has 4 rings (SSSR count). The Kier molecular flexibility index (Phi) is 15.0. The zero-order valence-electron chi connectivity index (χ0n) is 38.4. The summed E-state index contributed by atoms with van der Waals surface area (Å²) in [5.74, 6) is 0.867. The van der Waals surface area contributed by atoms with Crippen molar-refractivity contribution < 1.29 is 19.2 Å². The second-order valence-corrected chi connectivity index (χ2v) is 19.7. The highest BCUT2D eigenvalue weighted by Crippen LogP contribution is 2.36. The third-order valence-electron chi connectivity index (χ3n) is 10.9. The fourth-order valence-corrected chi connectivity index (χ4v) is 7.74. The molecule has 2 heterocycles. The molecule has 0 aliphatic heterocycles. The van der Waals surface area contributed by atoms with Gasteiger partial charge in [-0.05, 0) is 71.6 Å². The van der Waals surface area contributed by atoms with Crippen molar-refractivity contribution in [1.29, 1.82) is 0 Å². The third kappa shape index (κ3) is 11.9. The molecule has 4 amide bonds. The summed E-state index contributed by atoms with van der Waals surface area (Å²) in [6, 6.07) is 15.6. The van der Waals surface area contributed by atoms with Gasteiger partial charge in [0.05, 0.1) is 35.9 Å². The number of H-pyrrole nitrogens is 2. The van der Waals surface area contributed by atoms with Gasteiger partial charge in [-0.15, -0.1) is 0 Å². The fourth-order valence-electron chi connectivity index (χ4n) is 7.74. The molecule has 0 fully saturated rings. The van der Waals surface area contributed by atoms with Crippen molar-refractivity contribution in [3.63, 3.8) is 0 Å². The van der Waals surface area contributed by atoms with Gasteiger partial charge in [0.1, 0.15) is 22.7 Å². The molecule has 12 heteroatoms. The lowest BCUT2D eigenvalue weighted by atomic mass is 9.84. The van der Waals surface area contributed by atoms with Gasteiger partial charge in [0.2, 0.25) is 23.6 Å². The summed E-state index contributed by atoms with van der Waals surface area (Å²) in [6.45, 7) is 27.6. The van der Waals surface area contributed by atoms with Crippen molar-refractivity contribution in [2.24, 2.45) is 22.7 Å². The number of nitrogens with zero attached hydrogens (tertiary/aromatic N) is 2. The van der Waals surface area contributed by atoms with Gasteiger partial charge in [0.25, 0.3) is 0 Å². The van der Waals surface area contributed by atoms with Gasteiger partial charge in [-0.2, -0.15) is 0 Å². The van der Waals surface area contributed by atoms with Crippen LogP contribution >= 0.6 is 0 Å². The predicted molar refractivity (Wildman–Crippen MR) is 240 cm³/mol. The maximum absolute atomic E-state index is 13.8. The second-order valence-electron chi connectivity index (χ2n) is 19.7. The van der Waals surface area contributed by atoms with E-state index in [4.69, 9.17) is 9.97 Å². The number of aromatic nitrogens is 4. The van der Waals surface area contributed by atoms with E-state index in [9.17, 15) is 19.2 Å². The topological polar surface area (TPSA) is 174 Å². The summed E-state index contributed by atoms with van der Waals surface area (Å²) in [5.41, 5.74) is 2.79. The molecule has 12 nitrogen and oxygen atoms in total. The van der Waals surface area contributed by atoms with E-state index in [1.165, 1.54) is 0 Å². The highest BCUT2D eigenvalue weighted by Gasteiger charge is 2.41. The van der Waals surface area contributed by atoms with E-state index >= 15 is 0 Å². The molecule has 6 N–H and O–H groups in total. The molecule has 0 aliphatic rings. The van der Waals surface area contributed by atoms with Gasteiger partial charge in [-0.25, -0.2) is 9.97 Å². The molecule has 2 aromatic heterocycles. The van der Waals surface area contributed by atoms with Crippen LogP contribution in [-0.2, 0) is 19.2 Å². The van der Waals surface area contributed by atoms with Gasteiger partial charge < -0.3 is 31.2 Å². The van der Waals surface area contributed by atoms with Gasteiger partial charge in [0, 0.05) is 12.8 Å². The number of nitrogens with one attached hydrogen (secondary N) is 6. The zero-order chi connectivity index (χ0) is 44.8. The molecule has 0 radical (unpaired) electrons. The average molecular weight is 823 g/mol. The van der Waals surface area contributed by atoms with Crippen LogP contribution in [0, 0.1) is 22.7 Å². The molecule has 60 heavy (non-hydrogen) atoms. The van der Waals surface area contributed by atoms with Gasteiger partial charge in [-0.1, -0.05) is 132 Å². The lowest BCUT2D eigenvalue weighted by Gasteiger charge is -2.36. The number of carbonyl (C=O) groups is 4. The number of amides is 4. The minimum atomic E-state index is -1.06. The van der Waals surface area contributed by atoms with Crippen LogP contribution in [0.25, 0.3) is 33.6 Å². The minimum Gasteiger partial charge on any atom is -0.344 e. The number of rotatable bonds is 17. The number of hydrogen-bond acceptors (Lipinski definition) is 6. The Bertz CT molecular complexity index is 1940. The fraction of sp³-hybridized carbons (Fsp3) is 0.542. The van der Waals surface area contributed by atoms with Crippen LogP contribution < -0.4 is 21.3 Å². The molecule has 2 aromatic carbocycles. The van der Waals surface area contributed by atoms with Crippen LogP contribution in [0.4, 0.5) is 0 Å². The van der Waals surface area contributed by atoms with E-state index in [-0.39, 0.29) is 46.3 Å². The van der Waals surface area contributed by atoms with E-state index in [1.807, 2.05) is 52.0 Å². The Morgan fingerprint density at radius 2 is 0.833 bits per heavy atom. The van der Waals surface area contributed by atoms with Crippen molar-refractivity contribution in [1.82, 2.24) is 41.2 Å². The lowest BCUT2D eigenvalue weighted by molar-refractivity contribution is -0.134.